The summed E-state index contributed by atoms with van der Waals surface area (Å²) in [4.78, 5) is 46.5. The van der Waals surface area contributed by atoms with Crippen molar-refractivity contribution in [3.8, 4) is 0 Å². The SMILES string of the molecule is CCN(C(=O)CNC1(c2noc(C)n2)CCCC1)c1c(N)n(Cc2ccccc2)c(=O)[nH]c1=O. The monoisotopic (exact) mass is 467 g/mol. The molecule has 0 saturated heterocycles. The molecule has 1 aliphatic rings. The number of H-pyrrole nitrogens is 1. The van der Waals surface area contributed by atoms with Crippen molar-refractivity contribution in [2.75, 3.05) is 23.7 Å². The number of anilines is 2. The summed E-state index contributed by atoms with van der Waals surface area (Å²) in [5.41, 5.74) is 5.19. The first kappa shape index (κ1) is 23.4. The van der Waals surface area contributed by atoms with Crippen LogP contribution in [0.3, 0.4) is 0 Å². The average Bonchev–Trinajstić information content (AvgIpc) is 3.48. The molecule has 0 atom stereocenters. The molecule has 0 spiro atoms. The summed E-state index contributed by atoms with van der Waals surface area (Å²) < 4.78 is 6.42. The second kappa shape index (κ2) is 9.64. The van der Waals surface area contributed by atoms with E-state index in [4.69, 9.17) is 10.3 Å². The van der Waals surface area contributed by atoms with Gasteiger partial charge in [0.1, 0.15) is 5.82 Å². The Kier molecular flexibility index (Phi) is 6.64. The summed E-state index contributed by atoms with van der Waals surface area (Å²) in [6.45, 7) is 3.78. The van der Waals surface area contributed by atoms with Gasteiger partial charge in [-0.2, -0.15) is 4.98 Å². The molecule has 0 aliphatic heterocycles. The molecule has 11 heteroatoms. The first-order valence-electron chi connectivity index (χ1n) is 11.4. The van der Waals surface area contributed by atoms with Crippen molar-refractivity contribution in [3.63, 3.8) is 0 Å². The van der Waals surface area contributed by atoms with E-state index in [2.05, 4.69) is 20.4 Å². The number of nitrogens with one attached hydrogen (secondary N) is 2. The van der Waals surface area contributed by atoms with Gasteiger partial charge in [-0.3, -0.25) is 24.5 Å². The minimum absolute atomic E-state index is 0.0410. The van der Waals surface area contributed by atoms with Crippen LogP contribution in [0.1, 0.15) is 49.9 Å². The fourth-order valence-corrected chi connectivity index (χ4v) is 4.51. The lowest BCUT2D eigenvalue weighted by Gasteiger charge is -2.29. The van der Waals surface area contributed by atoms with Crippen LogP contribution in [0.25, 0.3) is 0 Å². The molecule has 4 N–H and O–H groups in total. The van der Waals surface area contributed by atoms with Crippen LogP contribution >= 0.6 is 0 Å². The van der Waals surface area contributed by atoms with Gasteiger partial charge in [-0.15, -0.1) is 0 Å². The Morgan fingerprint density at radius 2 is 1.97 bits per heavy atom. The maximum Gasteiger partial charge on any atom is 0.330 e. The summed E-state index contributed by atoms with van der Waals surface area (Å²) >= 11 is 0. The van der Waals surface area contributed by atoms with E-state index in [9.17, 15) is 14.4 Å². The first-order chi connectivity index (χ1) is 16.3. The zero-order valence-corrected chi connectivity index (χ0v) is 19.3. The summed E-state index contributed by atoms with van der Waals surface area (Å²) in [5, 5.41) is 7.39. The second-order valence-corrected chi connectivity index (χ2v) is 8.48. The molecule has 2 aromatic heterocycles. The number of nitrogen functional groups attached to an aromatic ring is 1. The second-order valence-electron chi connectivity index (χ2n) is 8.48. The number of carbonyl (C=O) groups excluding carboxylic acids is 1. The number of aromatic amines is 1. The van der Waals surface area contributed by atoms with E-state index in [0.29, 0.717) is 11.7 Å². The highest BCUT2D eigenvalue weighted by atomic mass is 16.5. The number of aryl methyl sites for hydroxylation is 1. The van der Waals surface area contributed by atoms with Gasteiger partial charge in [-0.05, 0) is 25.3 Å². The molecule has 2 heterocycles. The zero-order valence-electron chi connectivity index (χ0n) is 19.3. The van der Waals surface area contributed by atoms with Gasteiger partial charge in [0.25, 0.3) is 5.56 Å². The van der Waals surface area contributed by atoms with Crippen molar-refractivity contribution in [2.24, 2.45) is 0 Å². The molecule has 1 amide bonds. The van der Waals surface area contributed by atoms with E-state index in [1.807, 2.05) is 30.3 Å². The van der Waals surface area contributed by atoms with Gasteiger partial charge in [0, 0.05) is 13.5 Å². The number of carbonyl (C=O) groups is 1. The summed E-state index contributed by atoms with van der Waals surface area (Å²) in [6.07, 6.45) is 3.50. The standard InChI is InChI=1S/C23H29N7O4/c1-3-29(17(31)13-25-23(11-7-8-12-23)21-26-15(2)34-28-21)18-19(24)30(22(33)27-20(18)32)14-16-9-5-4-6-10-16/h4-6,9-10,25H,3,7-8,11-14,24H2,1-2H3,(H,27,32,33). The van der Waals surface area contributed by atoms with Crippen LogP contribution in [0.5, 0.6) is 0 Å². The molecule has 0 radical (unpaired) electrons. The van der Waals surface area contributed by atoms with Gasteiger partial charge in [0.2, 0.25) is 11.8 Å². The van der Waals surface area contributed by atoms with Gasteiger partial charge in [-0.1, -0.05) is 48.3 Å². The molecule has 4 rings (SSSR count). The van der Waals surface area contributed by atoms with E-state index in [1.54, 1.807) is 13.8 Å². The predicted molar refractivity (Wildman–Crippen MR) is 126 cm³/mol. The van der Waals surface area contributed by atoms with Gasteiger partial charge in [-0.25, -0.2) is 4.79 Å². The van der Waals surface area contributed by atoms with Crippen LogP contribution in [-0.4, -0.2) is 38.7 Å². The minimum Gasteiger partial charge on any atom is -0.383 e. The van der Waals surface area contributed by atoms with Crippen molar-refractivity contribution in [1.29, 1.82) is 0 Å². The molecule has 0 unspecified atom stereocenters. The Bertz CT molecular complexity index is 1270. The summed E-state index contributed by atoms with van der Waals surface area (Å²) in [7, 11) is 0. The Labute approximate surface area is 196 Å². The third-order valence-corrected chi connectivity index (χ3v) is 6.28. The van der Waals surface area contributed by atoms with Crippen molar-refractivity contribution in [3.05, 3.63) is 68.4 Å². The fourth-order valence-electron chi connectivity index (χ4n) is 4.51. The highest BCUT2D eigenvalue weighted by molar-refractivity contribution is 5.96. The van der Waals surface area contributed by atoms with Gasteiger partial charge < -0.3 is 15.2 Å². The van der Waals surface area contributed by atoms with Gasteiger partial charge in [0.15, 0.2) is 11.5 Å². The molecular weight excluding hydrogens is 438 g/mol. The third kappa shape index (κ3) is 4.51. The Balaban J connectivity index is 1.60. The zero-order chi connectivity index (χ0) is 24.3. The highest BCUT2D eigenvalue weighted by Gasteiger charge is 2.40. The van der Waals surface area contributed by atoms with Crippen LogP contribution < -0.4 is 27.2 Å². The van der Waals surface area contributed by atoms with Crippen LogP contribution in [-0.2, 0) is 16.9 Å². The fraction of sp³-hybridized carbons (Fsp3) is 0.435. The van der Waals surface area contributed by atoms with Crippen molar-refractivity contribution < 1.29 is 9.32 Å². The number of nitrogens with zero attached hydrogens (tertiary/aromatic N) is 4. The van der Waals surface area contributed by atoms with Gasteiger partial charge in [0.05, 0.1) is 18.6 Å². The van der Waals surface area contributed by atoms with Crippen molar-refractivity contribution in [2.45, 2.75) is 51.6 Å². The molecule has 11 nitrogen and oxygen atoms in total. The normalized spacial score (nSPS) is 14.9. The lowest BCUT2D eigenvalue weighted by atomic mass is 9.96. The van der Waals surface area contributed by atoms with Crippen LogP contribution in [0, 0.1) is 6.92 Å². The van der Waals surface area contributed by atoms with Crippen molar-refractivity contribution >= 4 is 17.4 Å². The molecule has 1 aromatic carbocycles. The quantitative estimate of drug-likeness (QED) is 0.448. The lowest BCUT2D eigenvalue weighted by Crippen LogP contribution is -2.49. The molecule has 1 fully saturated rings. The number of hydrogen-bond donors (Lipinski definition) is 3. The smallest absolute Gasteiger partial charge is 0.330 e. The number of hydrogen-bond acceptors (Lipinski definition) is 8. The first-order valence-corrected chi connectivity index (χ1v) is 11.4. The van der Waals surface area contributed by atoms with E-state index >= 15 is 0 Å². The number of rotatable bonds is 8. The van der Waals surface area contributed by atoms with E-state index < -0.39 is 16.8 Å². The third-order valence-electron chi connectivity index (χ3n) is 6.28. The topological polar surface area (TPSA) is 152 Å². The molecule has 1 saturated carbocycles. The minimum atomic E-state index is -0.702. The van der Waals surface area contributed by atoms with E-state index in [-0.39, 0.29) is 37.0 Å². The maximum atomic E-state index is 13.3. The number of nitrogens with two attached hydrogens (primary N) is 1. The molecule has 1 aliphatic carbocycles. The number of benzene rings is 1. The Hall–Kier alpha value is -3.73. The highest BCUT2D eigenvalue weighted by Crippen LogP contribution is 2.37. The van der Waals surface area contributed by atoms with Crippen LogP contribution in [0.2, 0.25) is 0 Å². The van der Waals surface area contributed by atoms with E-state index in [1.165, 1.54) is 9.47 Å². The molecule has 0 bridgehead atoms. The average molecular weight is 468 g/mol. The number of aromatic nitrogens is 4. The maximum absolute atomic E-state index is 13.3. The molecular formula is C23H29N7O4. The van der Waals surface area contributed by atoms with Gasteiger partial charge >= 0.3 is 5.69 Å². The van der Waals surface area contributed by atoms with Crippen LogP contribution in [0.15, 0.2) is 44.4 Å². The molecule has 180 valence electrons. The summed E-state index contributed by atoms with van der Waals surface area (Å²) in [5.74, 6) is 0.588. The molecule has 3 aromatic rings. The van der Waals surface area contributed by atoms with E-state index in [0.717, 1.165) is 31.2 Å². The Morgan fingerprint density at radius 1 is 1.26 bits per heavy atom. The van der Waals surface area contributed by atoms with Crippen molar-refractivity contribution in [1.82, 2.24) is 25.0 Å². The number of likely N-dealkylation sites (N-methyl/N-ethyl adjacent to an activating group) is 1. The largest absolute Gasteiger partial charge is 0.383 e. The molecule has 34 heavy (non-hydrogen) atoms. The lowest BCUT2D eigenvalue weighted by molar-refractivity contribution is -0.118. The predicted octanol–water partition coefficient (Wildman–Crippen LogP) is 1.27. The number of amides is 1. The van der Waals surface area contributed by atoms with Crippen LogP contribution in [0.4, 0.5) is 11.5 Å². The Morgan fingerprint density at radius 3 is 2.59 bits per heavy atom. The summed E-state index contributed by atoms with van der Waals surface area (Å²) in [6, 6.07) is 9.26.